The van der Waals surface area contributed by atoms with Gasteiger partial charge in [-0.25, -0.2) is 0 Å². The van der Waals surface area contributed by atoms with Crippen molar-refractivity contribution < 1.29 is 14.5 Å². The van der Waals surface area contributed by atoms with Crippen LogP contribution in [-0.4, -0.2) is 17.8 Å². The van der Waals surface area contributed by atoms with Crippen molar-refractivity contribution in [1.29, 1.82) is 0 Å². The van der Waals surface area contributed by atoms with E-state index < -0.39 is 17.4 Å². The Labute approximate surface area is 137 Å². The van der Waals surface area contributed by atoms with E-state index in [-0.39, 0.29) is 5.57 Å². The molecule has 2 aromatic rings. The Balaban J connectivity index is 2.19. The van der Waals surface area contributed by atoms with Crippen LogP contribution in [0.2, 0.25) is 5.02 Å². The molecule has 1 aliphatic heterocycles. The molecule has 2 aromatic carbocycles. The zero-order valence-electron chi connectivity index (χ0n) is 11.9. The highest BCUT2D eigenvalue weighted by molar-refractivity contribution is 6.30. The molecule has 0 amide bonds. The van der Waals surface area contributed by atoms with Gasteiger partial charge >= 0.3 is 0 Å². The third kappa shape index (κ3) is 2.96. The minimum Gasteiger partial charge on any atom is -0.456 e. The molecule has 1 heterocycles. The van der Waals surface area contributed by atoms with Crippen LogP contribution in [0.4, 0.5) is 0 Å². The van der Waals surface area contributed by atoms with Crippen LogP contribution in [0.1, 0.15) is 17.0 Å². The number of benzene rings is 2. The number of halogens is 1. The number of hydrogen-bond donors (Lipinski definition) is 0. The molecular weight excluding hydrogens is 318 g/mol. The summed E-state index contributed by atoms with van der Waals surface area (Å²) < 4.78 is 5.86. The molecule has 6 heteroatoms. The fourth-order valence-electron chi connectivity index (χ4n) is 2.68. The summed E-state index contributed by atoms with van der Waals surface area (Å²) in [7, 11) is 0. The van der Waals surface area contributed by atoms with Crippen LogP contribution in [-0.2, 0) is 4.79 Å². The van der Waals surface area contributed by atoms with Gasteiger partial charge in [0.25, 0.3) is 0 Å². The summed E-state index contributed by atoms with van der Waals surface area (Å²) in [6, 6.07) is 14.0. The number of hydrogen-bond acceptors (Lipinski definition) is 4. The molecule has 5 nitrogen and oxygen atoms in total. The normalized spacial score (nSPS) is 16.5. The van der Waals surface area contributed by atoms with Gasteiger partial charge in [-0.05, 0) is 18.2 Å². The Kier molecular flexibility index (Phi) is 4.12. The monoisotopic (exact) mass is 329 g/mol. The lowest BCUT2D eigenvalue weighted by Gasteiger charge is -2.26. The zero-order chi connectivity index (χ0) is 16.4. The molecule has 3 rings (SSSR count). The predicted octanol–water partition coefficient (Wildman–Crippen LogP) is 3.70. The summed E-state index contributed by atoms with van der Waals surface area (Å²) in [6.45, 7) is -0.402. The summed E-state index contributed by atoms with van der Waals surface area (Å²) in [5, 5.41) is 11.5. The number of carbonyl (C=O) groups excluding carboxylic acids is 1. The molecule has 0 spiro atoms. The Bertz CT molecular complexity index is 801. The molecule has 1 aliphatic rings. The lowest BCUT2D eigenvalue weighted by atomic mass is 9.87. The van der Waals surface area contributed by atoms with Crippen molar-refractivity contribution in [3.05, 3.63) is 80.4 Å². The minimum absolute atomic E-state index is 0.252. The Morgan fingerprint density at radius 3 is 2.61 bits per heavy atom. The van der Waals surface area contributed by atoms with Crippen molar-refractivity contribution in [3.63, 3.8) is 0 Å². The molecule has 0 fully saturated rings. The molecule has 1 atom stereocenters. The molecule has 0 saturated carbocycles. The van der Waals surface area contributed by atoms with Gasteiger partial charge < -0.3 is 4.74 Å². The molecule has 23 heavy (non-hydrogen) atoms. The highest BCUT2D eigenvalue weighted by atomic mass is 35.5. The minimum atomic E-state index is -0.694. The maximum absolute atomic E-state index is 11.6. The van der Waals surface area contributed by atoms with Gasteiger partial charge in [-0.1, -0.05) is 41.9 Å². The lowest BCUT2D eigenvalue weighted by molar-refractivity contribution is -0.481. The fraction of sp³-hybridized carbons (Fsp3) is 0.118. The van der Waals surface area contributed by atoms with Crippen molar-refractivity contribution in [3.8, 4) is 5.75 Å². The van der Waals surface area contributed by atoms with Gasteiger partial charge in [0.15, 0.2) is 6.29 Å². The third-order valence-corrected chi connectivity index (χ3v) is 3.93. The summed E-state index contributed by atoms with van der Waals surface area (Å²) in [5.74, 6) is 0.133. The molecular formula is C17H12ClNO4. The first-order valence-electron chi connectivity index (χ1n) is 6.94. The second-order valence-electron chi connectivity index (χ2n) is 5.12. The van der Waals surface area contributed by atoms with E-state index in [0.717, 1.165) is 0 Å². The van der Waals surface area contributed by atoms with E-state index in [1.54, 1.807) is 30.3 Å². The quantitative estimate of drug-likeness (QED) is 0.487. The van der Waals surface area contributed by atoms with Crippen molar-refractivity contribution in [2.75, 3.05) is 6.54 Å². The number of ether oxygens (including phenoxy) is 1. The first-order valence-corrected chi connectivity index (χ1v) is 7.32. The number of nitro groups is 1. The SMILES string of the molecule is O=CC1=C(c2ccccc2)Oc2ccc(Cl)cc2[C@H]1C[N+](=O)[O-]. The van der Waals surface area contributed by atoms with Crippen LogP contribution < -0.4 is 4.74 Å². The largest absolute Gasteiger partial charge is 0.456 e. The van der Waals surface area contributed by atoms with Gasteiger partial charge in [0.2, 0.25) is 6.54 Å². The third-order valence-electron chi connectivity index (χ3n) is 3.69. The van der Waals surface area contributed by atoms with E-state index in [0.29, 0.717) is 33.9 Å². The van der Waals surface area contributed by atoms with Gasteiger partial charge in [0.1, 0.15) is 11.5 Å². The molecule has 0 radical (unpaired) electrons. The van der Waals surface area contributed by atoms with Gasteiger partial charge in [0.05, 0.1) is 5.92 Å². The maximum atomic E-state index is 11.6. The zero-order valence-corrected chi connectivity index (χ0v) is 12.7. The van der Waals surface area contributed by atoms with E-state index in [1.807, 2.05) is 18.2 Å². The van der Waals surface area contributed by atoms with E-state index in [9.17, 15) is 14.9 Å². The van der Waals surface area contributed by atoms with Crippen molar-refractivity contribution in [2.45, 2.75) is 5.92 Å². The van der Waals surface area contributed by atoms with E-state index in [1.165, 1.54) is 0 Å². The Hall–Kier alpha value is -2.66. The van der Waals surface area contributed by atoms with Crippen LogP contribution in [0.15, 0.2) is 54.1 Å². The van der Waals surface area contributed by atoms with Crippen LogP contribution in [0.5, 0.6) is 5.75 Å². The number of carbonyl (C=O) groups is 1. The highest BCUT2D eigenvalue weighted by Crippen LogP contribution is 2.42. The summed E-state index contributed by atoms with van der Waals surface area (Å²) in [5.41, 5.74) is 1.50. The fourth-order valence-corrected chi connectivity index (χ4v) is 2.86. The van der Waals surface area contributed by atoms with Crippen molar-refractivity contribution >= 4 is 23.6 Å². The molecule has 0 aromatic heterocycles. The van der Waals surface area contributed by atoms with Crippen LogP contribution >= 0.6 is 11.6 Å². The Morgan fingerprint density at radius 2 is 1.96 bits per heavy atom. The summed E-state index contributed by atoms with van der Waals surface area (Å²) >= 11 is 5.99. The predicted molar refractivity (Wildman–Crippen MR) is 86.1 cm³/mol. The first kappa shape index (κ1) is 15.2. The van der Waals surface area contributed by atoms with Gasteiger partial charge in [0, 0.05) is 26.6 Å². The molecule has 0 saturated heterocycles. The number of nitrogens with zero attached hydrogens (tertiary/aromatic N) is 1. The lowest BCUT2D eigenvalue weighted by Crippen LogP contribution is -2.22. The number of aldehydes is 1. The maximum Gasteiger partial charge on any atom is 0.215 e. The summed E-state index contributed by atoms with van der Waals surface area (Å²) in [4.78, 5) is 22.3. The topological polar surface area (TPSA) is 69.4 Å². The van der Waals surface area contributed by atoms with Gasteiger partial charge in [-0.2, -0.15) is 0 Å². The first-order chi connectivity index (χ1) is 11.1. The molecule has 0 N–H and O–H groups in total. The van der Waals surface area contributed by atoms with Crippen molar-refractivity contribution in [1.82, 2.24) is 0 Å². The Morgan fingerprint density at radius 1 is 1.22 bits per heavy atom. The van der Waals surface area contributed by atoms with Gasteiger partial charge in [-0.3, -0.25) is 14.9 Å². The van der Waals surface area contributed by atoms with Crippen LogP contribution in [0.3, 0.4) is 0 Å². The van der Waals surface area contributed by atoms with Crippen LogP contribution in [0.25, 0.3) is 5.76 Å². The van der Waals surface area contributed by atoms with Crippen molar-refractivity contribution in [2.24, 2.45) is 0 Å². The van der Waals surface area contributed by atoms with Crippen LogP contribution in [0, 0.1) is 10.1 Å². The highest BCUT2D eigenvalue weighted by Gasteiger charge is 2.33. The molecule has 0 bridgehead atoms. The number of fused-ring (bicyclic) bond motifs is 1. The van der Waals surface area contributed by atoms with E-state index >= 15 is 0 Å². The smallest absolute Gasteiger partial charge is 0.215 e. The molecule has 0 aliphatic carbocycles. The second kappa shape index (κ2) is 6.22. The molecule has 116 valence electrons. The molecule has 0 unspecified atom stereocenters. The van der Waals surface area contributed by atoms with E-state index in [2.05, 4.69) is 0 Å². The van der Waals surface area contributed by atoms with Gasteiger partial charge in [-0.15, -0.1) is 0 Å². The number of rotatable bonds is 4. The standard InChI is InChI=1S/C17H12ClNO4/c18-12-6-7-16-13(8-12)14(9-19(21)22)15(10-20)17(23-16)11-4-2-1-3-5-11/h1-8,10,14H,9H2/t14-/m1/s1. The average Bonchev–Trinajstić information content (AvgIpc) is 2.55. The van der Waals surface area contributed by atoms with E-state index in [4.69, 9.17) is 16.3 Å². The average molecular weight is 330 g/mol. The summed E-state index contributed by atoms with van der Waals surface area (Å²) in [6.07, 6.45) is 0.625. The second-order valence-corrected chi connectivity index (χ2v) is 5.56.